The first kappa shape index (κ1) is 13.7. The van der Waals surface area contributed by atoms with Crippen LogP contribution in [0.3, 0.4) is 0 Å². The first-order valence-electron chi connectivity index (χ1n) is 4.78. The van der Waals surface area contributed by atoms with Crippen LogP contribution in [0.15, 0.2) is 60.7 Å². The second-order valence-electron chi connectivity index (χ2n) is 3.12. The molecule has 0 atom stereocenters. The maximum Gasteiger partial charge on any atom is 0.00839 e. The molecule has 2 aromatic rings. The summed E-state index contributed by atoms with van der Waals surface area (Å²) in [5, 5.41) is 2.80. The Bertz CT molecular complexity index is 389. The molecule has 0 radical (unpaired) electrons. The van der Waals surface area contributed by atoms with Gasteiger partial charge in [-0.3, -0.25) is 0 Å². The average Bonchev–Trinajstić information content (AvgIpc) is 2.33. The molecule has 0 amide bonds. The standard InChI is InChI=1S/C13H12P2.Ru/c1-14-15(12-8-4-2-5-9-12)13-10-6-3-7-11-13;/h2-11H,1H2;. The van der Waals surface area contributed by atoms with Crippen molar-refractivity contribution in [1.82, 2.24) is 0 Å². The summed E-state index contributed by atoms with van der Waals surface area (Å²) in [5.74, 6) is 0. The third kappa shape index (κ3) is 3.33. The summed E-state index contributed by atoms with van der Waals surface area (Å²) in [5.41, 5.74) is 0. The summed E-state index contributed by atoms with van der Waals surface area (Å²) in [6, 6.07) is 21.3. The van der Waals surface area contributed by atoms with Crippen LogP contribution in [0.2, 0.25) is 0 Å². The van der Waals surface area contributed by atoms with E-state index in [2.05, 4.69) is 67.0 Å². The van der Waals surface area contributed by atoms with E-state index in [1.165, 1.54) is 18.5 Å². The van der Waals surface area contributed by atoms with Crippen LogP contribution in [0.25, 0.3) is 0 Å². The SMILES string of the molecule is C=PP(c1ccccc1)c1ccccc1.[Ru]. The van der Waals surface area contributed by atoms with E-state index in [-0.39, 0.29) is 27.1 Å². The van der Waals surface area contributed by atoms with Gasteiger partial charge in [-0.1, -0.05) is 74.9 Å². The van der Waals surface area contributed by atoms with Gasteiger partial charge in [0.05, 0.1) is 0 Å². The summed E-state index contributed by atoms with van der Waals surface area (Å²) in [6.07, 6.45) is 4.04. The summed E-state index contributed by atoms with van der Waals surface area (Å²) < 4.78 is 0. The summed E-state index contributed by atoms with van der Waals surface area (Å²) in [7, 11) is 0.917. The topological polar surface area (TPSA) is 0 Å². The van der Waals surface area contributed by atoms with Gasteiger partial charge in [-0.15, -0.1) is 0 Å². The molecular formula is C13H12P2Ru. The Morgan fingerprint density at radius 1 is 0.750 bits per heavy atom. The molecule has 0 unspecified atom stereocenters. The fraction of sp³-hybridized carbons (Fsp3) is 0. The van der Waals surface area contributed by atoms with Crippen molar-refractivity contribution in [2.24, 2.45) is 0 Å². The third-order valence-corrected chi connectivity index (χ3v) is 6.23. The molecule has 0 fully saturated rings. The van der Waals surface area contributed by atoms with Gasteiger partial charge in [-0.2, -0.15) is 0 Å². The molecule has 82 valence electrons. The van der Waals surface area contributed by atoms with Crippen LogP contribution in [0.1, 0.15) is 0 Å². The molecule has 0 bridgehead atoms. The van der Waals surface area contributed by atoms with Crippen LogP contribution in [0.4, 0.5) is 0 Å². The molecule has 0 aromatic heterocycles. The van der Waals surface area contributed by atoms with Gasteiger partial charge in [0, 0.05) is 27.1 Å². The van der Waals surface area contributed by atoms with Crippen molar-refractivity contribution in [3.63, 3.8) is 0 Å². The van der Waals surface area contributed by atoms with Gasteiger partial charge in [0.2, 0.25) is 0 Å². The van der Waals surface area contributed by atoms with E-state index in [4.69, 9.17) is 0 Å². The van der Waals surface area contributed by atoms with Gasteiger partial charge in [0.15, 0.2) is 0 Å². The van der Waals surface area contributed by atoms with E-state index in [1.54, 1.807) is 0 Å². The predicted molar refractivity (Wildman–Crippen MR) is 73.1 cm³/mol. The van der Waals surface area contributed by atoms with Crippen molar-refractivity contribution < 1.29 is 19.5 Å². The largest absolute Gasteiger partial charge is 0.0741 e. The van der Waals surface area contributed by atoms with Crippen molar-refractivity contribution in [2.75, 3.05) is 0 Å². The van der Waals surface area contributed by atoms with E-state index < -0.39 is 0 Å². The van der Waals surface area contributed by atoms with Crippen molar-refractivity contribution >= 4 is 32.4 Å². The molecule has 2 rings (SSSR count). The molecule has 2 aromatic carbocycles. The Morgan fingerprint density at radius 2 is 1.12 bits per heavy atom. The van der Waals surface area contributed by atoms with E-state index >= 15 is 0 Å². The van der Waals surface area contributed by atoms with Crippen molar-refractivity contribution in [3.05, 3.63) is 60.7 Å². The zero-order chi connectivity index (χ0) is 10.5. The number of benzene rings is 2. The van der Waals surface area contributed by atoms with Gasteiger partial charge in [0.25, 0.3) is 0 Å². The van der Waals surface area contributed by atoms with E-state index in [0.29, 0.717) is 0 Å². The van der Waals surface area contributed by atoms with Crippen LogP contribution in [-0.2, 0) is 19.5 Å². The molecule has 0 aliphatic heterocycles. The maximum absolute atomic E-state index is 4.04. The summed E-state index contributed by atoms with van der Waals surface area (Å²) in [6.45, 7) is 0. The van der Waals surface area contributed by atoms with Gasteiger partial charge < -0.3 is 0 Å². The molecule has 0 N–H and O–H groups in total. The first-order valence-corrected chi connectivity index (χ1v) is 7.91. The van der Waals surface area contributed by atoms with Crippen LogP contribution in [-0.4, -0.2) is 6.30 Å². The fourth-order valence-corrected chi connectivity index (χ4v) is 4.76. The maximum atomic E-state index is 4.04. The Labute approximate surface area is 112 Å². The van der Waals surface area contributed by atoms with Gasteiger partial charge >= 0.3 is 0 Å². The fourth-order valence-electron chi connectivity index (χ4n) is 1.45. The second-order valence-corrected chi connectivity index (χ2v) is 7.11. The number of hydrogen-bond acceptors (Lipinski definition) is 0. The minimum absolute atomic E-state index is 0. The molecule has 0 heterocycles. The second kappa shape index (κ2) is 7.08. The monoisotopic (exact) mass is 332 g/mol. The van der Waals surface area contributed by atoms with E-state index in [9.17, 15) is 0 Å². The summed E-state index contributed by atoms with van der Waals surface area (Å²) >= 11 is 0. The van der Waals surface area contributed by atoms with Gasteiger partial charge in [-0.25, -0.2) is 0 Å². The van der Waals surface area contributed by atoms with Crippen LogP contribution in [0.5, 0.6) is 0 Å². The Morgan fingerprint density at radius 3 is 1.44 bits per heavy atom. The van der Waals surface area contributed by atoms with Crippen LogP contribution >= 0.6 is 15.5 Å². The Kier molecular flexibility index (Phi) is 6.07. The third-order valence-electron chi connectivity index (χ3n) is 2.14. The van der Waals surface area contributed by atoms with Crippen LogP contribution in [0, 0.1) is 0 Å². The van der Waals surface area contributed by atoms with Crippen molar-refractivity contribution in [3.8, 4) is 0 Å². The molecule has 16 heavy (non-hydrogen) atoms. The quantitative estimate of drug-likeness (QED) is 0.597. The van der Waals surface area contributed by atoms with E-state index in [0.717, 1.165) is 0 Å². The van der Waals surface area contributed by atoms with E-state index in [1.807, 2.05) is 0 Å². The predicted octanol–water partition coefficient (Wildman–Crippen LogP) is 3.41. The normalized spacial score (nSPS) is 10.1. The van der Waals surface area contributed by atoms with Gasteiger partial charge in [0.1, 0.15) is 0 Å². The smallest absolute Gasteiger partial charge is 0.00839 e. The van der Waals surface area contributed by atoms with Crippen LogP contribution < -0.4 is 10.6 Å². The Hall–Kier alpha value is -0.337. The molecule has 0 aliphatic rings. The first-order chi connectivity index (χ1) is 7.42. The summed E-state index contributed by atoms with van der Waals surface area (Å²) in [4.78, 5) is 0. The van der Waals surface area contributed by atoms with Crippen molar-refractivity contribution in [1.29, 1.82) is 0 Å². The number of rotatable bonds is 3. The molecule has 3 heteroatoms. The van der Waals surface area contributed by atoms with Crippen molar-refractivity contribution in [2.45, 2.75) is 0 Å². The zero-order valence-corrected chi connectivity index (χ0v) is 12.3. The molecule has 0 spiro atoms. The minimum Gasteiger partial charge on any atom is -0.0741 e. The molecule has 0 saturated heterocycles. The molecular weight excluding hydrogens is 319 g/mol. The molecule has 0 aliphatic carbocycles. The molecule has 0 saturated carbocycles. The zero-order valence-electron chi connectivity index (χ0n) is 8.73. The van der Waals surface area contributed by atoms with Gasteiger partial charge in [-0.05, 0) is 10.6 Å². The minimum atomic E-state index is -0.288. The average molecular weight is 331 g/mol. The number of hydrogen-bond donors (Lipinski definition) is 0. The molecule has 0 nitrogen and oxygen atoms in total. The Balaban J connectivity index is 0.00000128.